The molecule has 2 rings (SSSR count). The summed E-state index contributed by atoms with van der Waals surface area (Å²) in [6.45, 7) is 0. The summed E-state index contributed by atoms with van der Waals surface area (Å²) in [6.07, 6.45) is 1.52. The summed E-state index contributed by atoms with van der Waals surface area (Å²) in [5.74, 6) is 0.421. The number of ether oxygens (including phenoxy) is 1. The Labute approximate surface area is 113 Å². The van der Waals surface area contributed by atoms with Crippen LogP contribution in [0.5, 0.6) is 5.75 Å². The Morgan fingerprint density at radius 3 is 2.78 bits per heavy atom. The molecule has 0 bridgehead atoms. The molecule has 0 saturated carbocycles. The van der Waals surface area contributed by atoms with Gasteiger partial charge in [0.05, 0.1) is 17.0 Å². The van der Waals surface area contributed by atoms with Crippen molar-refractivity contribution in [3.63, 3.8) is 0 Å². The number of thiazole rings is 1. The lowest BCUT2D eigenvalue weighted by atomic mass is 10.3. The molecule has 0 unspecified atom stereocenters. The molecule has 0 radical (unpaired) electrons. The maximum absolute atomic E-state index is 12.0. The highest BCUT2D eigenvalue weighted by Gasteiger charge is 2.17. The highest BCUT2D eigenvalue weighted by molar-refractivity contribution is 7.93. The van der Waals surface area contributed by atoms with E-state index in [1.165, 1.54) is 42.8 Å². The Kier molecular flexibility index (Phi) is 3.74. The van der Waals surface area contributed by atoms with E-state index in [1.807, 2.05) is 0 Å². The highest BCUT2D eigenvalue weighted by atomic mass is 35.5. The van der Waals surface area contributed by atoms with Crippen LogP contribution in [0.15, 0.2) is 34.7 Å². The molecule has 0 aliphatic carbocycles. The fourth-order valence-electron chi connectivity index (χ4n) is 1.26. The SMILES string of the molecule is COc1ccc(S(=O)(=O)Nc2nccs2)cc1Cl. The second kappa shape index (κ2) is 5.13. The molecule has 2 aromatic rings. The number of hydrogen-bond acceptors (Lipinski definition) is 5. The van der Waals surface area contributed by atoms with E-state index in [1.54, 1.807) is 5.38 Å². The molecule has 0 aliphatic rings. The van der Waals surface area contributed by atoms with Crippen molar-refractivity contribution in [3.05, 3.63) is 34.8 Å². The van der Waals surface area contributed by atoms with Crippen LogP contribution in [0.2, 0.25) is 5.02 Å². The van der Waals surface area contributed by atoms with E-state index in [9.17, 15) is 8.42 Å². The molecule has 0 atom stereocenters. The summed E-state index contributed by atoms with van der Waals surface area (Å²) in [5.41, 5.74) is 0. The van der Waals surface area contributed by atoms with Gasteiger partial charge in [-0.1, -0.05) is 11.6 Å². The van der Waals surface area contributed by atoms with Crippen molar-refractivity contribution in [2.75, 3.05) is 11.8 Å². The standard InChI is InChI=1S/C10H9ClN2O3S2/c1-16-9-3-2-7(6-8(9)11)18(14,15)13-10-12-4-5-17-10/h2-6H,1H3,(H,12,13). The van der Waals surface area contributed by atoms with Crippen molar-refractivity contribution in [1.82, 2.24) is 4.98 Å². The van der Waals surface area contributed by atoms with Gasteiger partial charge in [0.2, 0.25) is 0 Å². The first-order valence-corrected chi connectivity index (χ1v) is 7.53. The van der Waals surface area contributed by atoms with Gasteiger partial charge >= 0.3 is 0 Å². The molecule has 0 fully saturated rings. The highest BCUT2D eigenvalue weighted by Crippen LogP contribution is 2.28. The van der Waals surface area contributed by atoms with Crippen molar-refractivity contribution in [1.29, 1.82) is 0 Å². The number of nitrogens with one attached hydrogen (secondary N) is 1. The molecule has 5 nitrogen and oxygen atoms in total. The topological polar surface area (TPSA) is 68.3 Å². The number of methoxy groups -OCH3 is 1. The minimum Gasteiger partial charge on any atom is -0.495 e. The monoisotopic (exact) mass is 304 g/mol. The number of hydrogen-bond donors (Lipinski definition) is 1. The van der Waals surface area contributed by atoms with Crippen LogP contribution in [0, 0.1) is 0 Å². The van der Waals surface area contributed by atoms with E-state index in [-0.39, 0.29) is 9.92 Å². The van der Waals surface area contributed by atoms with E-state index in [0.717, 1.165) is 0 Å². The van der Waals surface area contributed by atoms with Crippen LogP contribution >= 0.6 is 22.9 Å². The third-order valence-corrected chi connectivity index (χ3v) is 4.54. The van der Waals surface area contributed by atoms with Gasteiger partial charge < -0.3 is 4.74 Å². The molecule has 1 aromatic heterocycles. The first-order chi connectivity index (χ1) is 8.53. The van der Waals surface area contributed by atoms with Crippen LogP contribution in [0.1, 0.15) is 0 Å². The van der Waals surface area contributed by atoms with Crippen molar-refractivity contribution in [3.8, 4) is 5.75 Å². The van der Waals surface area contributed by atoms with Gasteiger partial charge in [0, 0.05) is 11.6 Å². The molecular weight excluding hydrogens is 296 g/mol. The van der Waals surface area contributed by atoms with Crippen LogP contribution < -0.4 is 9.46 Å². The van der Waals surface area contributed by atoms with Crippen LogP contribution in [-0.4, -0.2) is 20.5 Å². The molecule has 1 N–H and O–H groups in total. The quantitative estimate of drug-likeness (QED) is 0.942. The van der Waals surface area contributed by atoms with Crippen LogP contribution in [-0.2, 0) is 10.0 Å². The second-order valence-corrected chi connectivity index (χ2v) is 6.22. The normalized spacial score (nSPS) is 11.2. The average Bonchev–Trinajstić information content (AvgIpc) is 2.81. The predicted molar refractivity (Wildman–Crippen MR) is 70.9 cm³/mol. The molecule has 0 spiro atoms. The fourth-order valence-corrected chi connectivity index (χ4v) is 3.40. The molecule has 0 amide bonds. The van der Waals surface area contributed by atoms with Crippen molar-refractivity contribution >= 4 is 38.1 Å². The summed E-state index contributed by atoms with van der Waals surface area (Å²) in [7, 11) is -2.21. The van der Waals surface area contributed by atoms with E-state index >= 15 is 0 Å². The molecule has 18 heavy (non-hydrogen) atoms. The van der Waals surface area contributed by atoms with Crippen molar-refractivity contribution in [2.24, 2.45) is 0 Å². The average molecular weight is 305 g/mol. The lowest BCUT2D eigenvalue weighted by Crippen LogP contribution is -2.12. The van der Waals surface area contributed by atoms with Gasteiger partial charge in [0.1, 0.15) is 5.75 Å². The minimum absolute atomic E-state index is 0.0588. The second-order valence-electron chi connectivity index (χ2n) is 3.24. The molecule has 0 aliphatic heterocycles. The molecule has 8 heteroatoms. The fraction of sp³-hybridized carbons (Fsp3) is 0.100. The smallest absolute Gasteiger partial charge is 0.263 e. The maximum Gasteiger partial charge on any atom is 0.263 e. The van der Waals surface area contributed by atoms with Gasteiger partial charge in [-0.2, -0.15) is 0 Å². The molecular formula is C10H9ClN2O3S2. The zero-order chi connectivity index (χ0) is 13.2. The van der Waals surface area contributed by atoms with Crippen LogP contribution in [0.3, 0.4) is 0 Å². The molecule has 1 heterocycles. The lowest BCUT2D eigenvalue weighted by Gasteiger charge is -2.07. The number of halogens is 1. The minimum atomic E-state index is -3.67. The summed E-state index contributed by atoms with van der Waals surface area (Å²) < 4.78 is 31.3. The van der Waals surface area contributed by atoms with Gasteiger partial charge in [0.25, 0.3) is 10.0 Å². The van der Waals surface area contributed by atoms with Crippen LogP contribution in [0.25, 0.3) is 0 Å². The number of benzene rings is 1. The van der Waals surface area contributed by atoms with Crippen molar-refractivity contribution < 1.29 is 13.2 Å². The summed E-state index contributed by atoms with van der Waals surface area (Å²) in [6, 6.07) is 4.25. The van der Waals surface area contributed by atoms with Gasteiger partial charge in [0.15, 0.2) is 5.13 Å². The summed E-state index contributed by atoms with van der Waals surface area (Å²) in [5, 5.41) is 2.22. The summed E-state index contributed by atoms with van der Waals surface area (Å²) >= 11 is 7.08. The largest absolute Gasteiger partial charge is 0.495 e. The van der Waals surface area contributed by atoms with Gasteiger partial charge in [-0.05, 0) is 18.2 Å². The van der Waals surface area contributed by atoms with Gasteiger partial charge in [-0.3, -0.25) is 4.72 Å². The number of sulfonamides is 1. The van der Waals surface area contributed by atoms with E-state index in [0.29, 0.717) is 10.9 Å². The first-order valence-electron chi connectivity index (χ1n) is 4.79. The van der Waals surface area contributed by atoms with E-state index in [4.69, 9.17) is 16.3 Å². The number of rotatable bonds is 4. The molecule has 1 aromatic carbocycles. The van der Waals surface area contributed by atoms with Gasteiger partial charge in [-0.25, -0.2) is 13.4 Å². The van der Waals surface area contributed by atoms with E-state index in [2.05, 4.69) is 9.71 Å². The van der Waals surface area contributed by atoms with Crippen molar-refractivity contribution in [2.45, 2.75) is 4.90 Å². The number of nitrogens with zero attached hydrogens (tertiary/aromatic N) is 1. The Balaban J connectivity index is 2.33. The molecule has 96 valence electrons. The summed E-state index contributed by atoms with van der Waals surface area (Å²) in [4.78, 5) is 3.91. The number of aromatic nitrogens is 1. The zero-order valence-electron chi connectivity index (χ0n) is 9.25. The first kappa shape index (κ1) is 13.1. The Morgan fingerprint density at radius 2 is 2.22 bits per heavy atom. The number of anilines is 1. The van der Waals surface area contributed by atoms with Gasteiger partial charge in [-0.15, -0.1) is 11.3 Å². The Hall–Kier alpha value is -1.31. The zero-order valence-corrected chi connectivity index (χ0v) is 11.6. The Morgan fingerprint density at radius 1 is 1.44 bits per heavy atom. The third-order valence-electron chi connectivity index (χ3n) is 2.09. The predicted octanol–water partition coefficient (Wildman–Crippen LogP) is 2.61. The lowest BCUT2D eigenvalue weighted by molar-refractivity contribution is 0.414. The van der Waals surface area contributed by atoms with Crippen LogP contribution in [0.4, 0.5) is 5.13 Å². The molecule has 0 saturated heterocycles. The Bertz CT molecular complexity index is 641. The third kappa shape index (κ3) is 2.74. The maximum atomic E-state index is 12.0. The van der Waals surface area contributed by atoms with E-state index < -0.39 is 10.0 Å².